The highest BCUT2D eigenvalue weighted by atomic mass is 16.5. The first-order chi connectivity index (χ1) is 7.75. The Kier molecular flexibility index (Phi) is 3.72. The van der Waals surface area contributed by atoms with E-state index in [4.69, 9.17) is 4.74 Å². The van der Waals surface area contributed by atoms with E-state index in [1.54, 1.807) is 12.4 Å². The number of nitrogens with zero attached hydrogens (tertiary/aromatic N) is 2. The summed E-state index contributed by atoms with van der Waals surface area (Å²) in [4.78, 5) is 8.58. The zero-order valence-electron chi connectivity index (χ0n) is 9.94. The topological polar surface area (TPSA) is 47.0 Å². The summed E-state index contributed by atoms with van der Waals surface area (Å²) < 4.78 is 5.83. The molecule has 0 aromatic carbocycles. The summed E-state index contributed by atoms with van der Waals surface area (Å²) in [5, 5.41) is 3.31. The molecule has 2 heterocycles. The van der Waals surface area contributed by atoms with Gasteiger partial charge in [-0.25, -0.2) is 9.97 Å². The van der Waals surface area contributed by atoms with E-state index < -0.39 is 0 Å². The van der Waals surface area contributed by atoms with E-state index in [2.05, 4.69) is 29.1 Å². The van der Waals surface area contributed by atoms with Crippen molar-refractivity contribution in [1.29, 1.82) is 0 Å². The standard InChI is InChI=1S/C12H19N3O/c1-9(2)12-14-7-11(8-15-12)16-10-3-5-13-6-4-10/h7-10,13H,3-6H2,1-2H3. The summed E-state index contributed by atoms with van der Waals surface area (Å²) in [7, 11) is 0. The van der Waals surface area contributed by atoms with Crippen molar-refractivity contribution in [2.24, 2.45) is 0 Å². The Morgan fingerprint density at radius 3 is 2.44 bits per heavy atom. The third-order valence-electron chi connectivity index (χ3n) is 2.75. The quantitative estimate of drug-likeness (QED) is 0.844. The maximum Gasteiger partial charge on any atom is 0.156 e. The van der Waals surface area contributed by atoms with Gasteiger partial charge in [-0.15, -0.1) is 0 Å². The molecule has 4 heteroatoms. The van der Waals surface area contributed by atoms with Crippen LogP contribution in [0.2, 0.25) is 0 Å². The van der Waals surface area contributed by atoms with Crippen LogP contribution in [0.25, 0.3) is 0 Å². The molecule has 1 aromatic rings. The van der Waals surface area contributed by atoms with E-state index in [1.165, 1.54) is 0 Å². The number of aromatic nitrogens is 2. The van der Waals surface area contributed by atoms with Gasteiger partial charge in [-0.3, -0.25) is 0 Å². The van der Waals surface area contributed by atoms with Crippen molar-refractivity contribution in [3.8, 4) is 5.75 Å². The van der Waals surface area contributed by atoms with E-state index in [0.717, 1.165) is 37.5 Å². The van der Waals surface area contributed by atoms with Gasteiger partial charge in [0.25, 0.3) is 0 Å². The van der Waals surface area contributed by atoms with Crippen LogP contribution in [0.1, 0.15) is 38.4 Å². The minimum atomic E-state index is 0.315. The fourth-order valence-corrected chi connectivity index (χ4v) is 1.79. The van der Waals surface area contributed by atoms with Crippen LogP contribution >= 0.6 is 0 Å². The number of hydrogen-bond acceptors (Lipinski definition) is 4. The van der Waals surface area contributed by atoms with Crippen molar-refractivity contribution in [3.63, 3.8) is 0 Å². The highest BCUT2D eigenvalue weighted by molar-refractivity contribution is 5.13. The van der Waals surface area contributed by atoms with Gasteiger partial charge in [0, 0.05) is 5.92 Å². The molecule has 0 unspecified atom stereocenters. The van der Waals surface area contributed by atoms with Gasteiger partial charge in [-0.05, 0) is 25.9 Å². The van der Waals surface area contributed by atoms with Gasteiger partial charge < -0.3 is 10.1 Å². The van der Waals surface area contributed by atoms with Gasteiger partial charge >= 0.3 is 0 Å². The van der Waals surface area contributed by atoms with Crippen molar-refractivity contribution in [2.45, 2.75) is 38.7 Å². The molecule has 0 spiro atoms. The highest BCUT2D eigenvalue weighted by Gasteiger charge is 2.14. The normalized spacial score (nSPS) is 17.7. The first-order valence-corrected chi connectivity index (χ1v) is 5.95. The monoisotopic (exact) mass is 221 g/mol. The van der Waals surface area contributed by atoms with Crippen molar-refractivity contribution >= 4 is 0 Å². The van der Waals surface area contributed by atoms with Gasteiger partial charge in [-0.2, -0.15) is 0 Å². The number of nitrogens with one attached hydrogen (secondary N) is 1. The summed E-state index contributed by atoms with van der Waals surface area (Å²) >= 11 is 0. The van der Waals surface area contributed by atoms with E-state index in [1.807, 2.05) is 0 Å². The lowest BCUT2D eigenvalue weighted by atomic mass is 10.1. The van der Waals surface area contributed by atoms with Gasteiger partial charge in [0.15, 0.2) is 5.75 Å². The molecule has 16 heavy (non-hydrogen) atoms. The van der Waals surface area contributed by atoms with Crippen LogP contribution in [0, 0.1) is 0 Å². The Labute approximate surface area is 96.4 Å². The molecule has 0 aliphatic carbocycles. The maximum absolute atomic E-state index is 5.83. The largest absolute Gasteiger partial charge is 0.487 e. The fourth-order valence-electron chi connectivity index (χ4n) is 1.79. The molecule has 1 saturated heterocycles. The molecule has 88 valence electrons. The second-order valence-electron chi connectivity index (χ2n) is 4.50. The fraction of sp³-hybridized carbons (Fsp3) is 0.667. The van der Waals surface area contributed by atoms with Gasteiger partial charge in [-0.1, -0.05) is 13.8 Å². The van der Waals surface area contributed by atoms with Crippen LogP contribution < -0.4 is 10.1 Å². The summed E-state index contributed by atoms with van der Waals surface area (Å²) in [5.41, 5.74) is 0. The maximum atomic E-state index is 5.83. The Morgan fingerprint density at radius 2 is 1.88 bits per heavy atom. The van der Waals surface area contributed by atoms with Crippen LogP contribution in [0.5, 0.6) is 5.75 Å². The Bertz CT molecular complexity index is 318. The Morgan fingerprint density at radius 1 is 1.25 bits per heavy atom. The number of hydrogen-bond donors (Lipinski definition) is 1. The van der Waals surface area contributed by atoms with Gasteiger partial charge in [0.1, 0.15) is 11.9 Å². The zero-order valence-corrected chi connectivity index (χ0v) is 9.94. The second-order valence-corrected chi connectivity index (χ2v) is 4.50. The minimum absolute atomic E-state index is 0.315. The SMILES string of the molecule is CC(C)c1ncc(OC2CCNCC2)cn1. The third kappa shape index (κ3) is 2.92. The van der Waals surface area contributed by atoms with Crippen molar-refractivity contribution in [1.82, 2.24) is 15.3 Å². The molecule has 1 aliphatic rings. The van der Waals surface area contributed by atoms with Crippen LogP contribution in [0.4, 0.5) is 0 Å². The van der Waals surface area contributed by atoms with Crippen molar-refractivity contribution in [3.05, 3.63) is 18.2 Å². The van der Waals surface area contributed by atoms with Gasteiger partial charge in [0.05, 0.1) is 12.4 Å². The van der Waals surface area contributed by atoms with E-state index in [-0.39, 0.29) is 0 Å². The Balaban J connectivity index is 1.93. The molecule has 1 aliphatic heterocycles. The van der Waals surface area contributed by atoms with Crippen molar-refractivity contribution in [2.75, 3.05) is 13.1 Å². The predicted molar refractivity (Wildman–Crippen MR) is 62.6 cm³/mol. The number of rotatable bonds is 3. The van der Waals surface area contributed by atoms with Crippen molar-refractivity contribution < 1.29 is 4.74 Å². The first kappa shape index (κ1) is 11.3. The Hall–Kier alpha value is -1.16. The minimum Gasteiger partial charge on any atom is -0.487 e. The molecule has 1 N–H and O–H groups in total. The van der Waals surface area contributed by atoms with E-state index in [9.17, 15) is 0 Å². The van der Waals surface area contributed by atoms with Crippen LogP contribution in [0.3, 0.4) is 0 Å². The van der Waals surface area contributed by atoms with Crippen LogP contribution in [-0.4, -0.2) is 29.2 Å². The lowest BCUT2D eigenvalue weighted by Crippen LogP contribution is -2.34. The summed E-state index contributed by atoms with van der Waals surface area (Å²) in [6, 6.07) is 0. The average Bonchev–Trinajstić information content (AvgIpc) is 2.31. The predicted octanol–water partition coefficient (Wildman–Crippen LogP) is 1.73. The molecule has 0 saturated carbocycles. The highest BCUT2D eigenvalue weighted by Crippen LogP contribution is 2.16. The molecule has 1 aromatic heterocycles. The van der Waals surface area contributed by atoms with E-state index in [0.29, 0.717) is 12.0 Å². The molecule has 0 bridgehead atoms. The van der Waals surface area contributed by atoms with Gasteiger partial charge in [0.2, 0.25) is 0 Å². The molecule has 0 atom stereocenters. The average molecular weight is 221 g/mol. The zero-order chi connectivity index (χ0) is 11.4. The van der Waals surface area contributed by atoms with Crippen LogP contribution in [-0.2, 0) is 0 Å². The van der Waals surface area contributed by atoms with E-state index >= 15 is 0 Å². The summed E-state index contributed by atoms with van der Waals surface area (Å²) in [6.07, 6.45) is 6.00. The van der Waals surface area contributed by atoms with Crippen LogP contribution in [0.15, 0.2) is 12.4 Å². The molecule has 1 fully saturated rings. The third-order valence-corrected chi connectivity index (χ3v) is 2.75. The number of ether oxygens (including phenoxy) is 1. The molecular formula is C12H19N3O. The second kappa shape index (κ2) is 5.25. The first-order valence-electron chi connectivity index (χ1n) is 5.95. The lowest BCUT2D eigenvalue weighted by Gasteiger charge is -2.23. The smallest absolute Gasteiger partial charge is 0.156 e. The lowest BCUT2D eigenvalue weighted by molar-refractivity contribution is 0.161. The molecular weight excluding hydrogens is 202 g/mol. The molecule has 0 radical (unpaired) electrons. The molecule has 2 rings (SSSR count). The molecule has 4 nitrogen and oxygen atoms in total. The molecule has 0 amide bonds. The summed E-state index contributed by atoms with van der Waals surface area (Å²) in [6.45, 7) is 6.25. The summed E-state index contributed by atoms with van der Waals surface area (Å²) in [5.74, 6) is 2.03. The number of piperidine rings is 1.